The van der Waals surface area contributed by atoms with Crippen molar-refractivity contribution in [3.63, 3.8) is 0 Å². The number of fused-ring (bicyclic) bond motifs is 1. The number of anilines is 1. The van der Waals surface area contributed by atoms with Gasteiger partial charge in [-0.2, -0.15) is 0 Å². The zero-order valence-corrected chi connectivity index (χ0v) is 9.51. The van der Waals surface area contributed by atoms with Crippen molar-refractivity contribution in [1.29, 1.82) is 0 Å². The second-order valence-corrected chi connectivity index (χ2v) is 4.80. The fourth-order valence-corrected chi connectivity index (χ4v) is 2.51. The minimum atomic E-state index is 0.759. The molecule has 3 aromatic heterocycles. The molecule has 0 aromatic carbocycles. The average Bonchev–Trinajstić information content (AvgIpc) is 2.87. The monoisotopic (exact) mass is 230 g/mol. The third-order valence-corrected chi connectivity index (χ3v) is 3.46. The number of aromatic nitrogens is 3. The SMILES string of the molecule is Cc1ncc(-c2cnc3[nH]ccc3c2N)s1. The summed E-state index contributed by atoms with van der Waals surface area (Å²) in [4.78, 5) is 12.7. The minimum Gasteiger partial charge on any atom is -0.398 e. The molecule has 0 fully saturated rings. The van der Waals surface area contributed by atoms with Gasteiger partial charge < -0.3 is 10.7 Å². The van der Waals surface area contributed by atoms with Gasteiger partial charge in [-0.25, -0.2) is 9.97 Å². The Kier molecular flexibility index (Phi) is 1.94. The van der Waals surface area contributed by atoms with Crippen LogP contribution in [0.1, 0.15) is 5.01 Å². The number of thiazole rings is 1. The van der Waals surface area contributed by atoms with E-state index in [0.29, 0.717) is 0 Å². The van der Waals surface area contributed by atoms with Crippen LogP contribution < -0.4 is 5.73 Å². The summed E-state index contributed by atoms with van der Waals surface area (Å²) in [5.41, 5.74) is 8.66. The fourth-order valence-electron chi connectivity index (χ4n) is 1.71. The number of pyridine rings is 1. The van der Waals surface area contributed by atoms with Crippen molar-refractivity contribution in [3.05, 3.63) is 29.7 Å². The molecule has 4 nitrogen and oxygen atoms in total. The number of hydrogen-bond acceptors (Lipinski definition) is 4. The Morgan fingerprint density at radius 1 is 1.31 bits per heavy atom. The lowest BCUT2D eigenvalue weighted by Gasteiger charge is -2.02. The van der Waals surface area contributed by atoms with Crippen LogP contribution in [0.15, 0.2) is 24.7 Å². The van der Waals surface area contributed by atoms with Gasteiger partial charge in [0.15, 0.2) is 0 Å². The first-order valence-electron chi connectivity index (χ1n) is 4.90. The summed E-state index contributed by atoms with van der Waals surface area (Å²) in [6, 6.07) is 1.94. The van der Waals surface area contributed by atoms with Crippen LogP contribution >= 0.6 is 11.3 Å². The third kappa shape index (κ3) is 1.29. The van der Waals surface area contributed by atoms with E-state index in [1.54, 1.807) is 17.5 Å². The quantitative estimate of drug-likeness (QED) is 0.675. The molecular weight excluding hydrogens is 220 g/mol. The highest BCUT2D eigenvalue weighted by Crippen LogP contribution is 2.33. The summed E-state index contributed by atoms with van der Waals surface area (Å²) >= 11 is 1.62. The highest BCUT2D eigenvalue weighted by atomic mass is 32.1. The molecule has 3 heterocycles. The molecule has 0 aliphatic rings. The van der Waals surface area contributed by atoms with Gasteiger partial charge in [0.2, 0.25) is 0 Å². The lowest BCUT2D eigenvalue weighted by molar-refractivity contribution is 1.29. The highest BCUT2D eigenvalue weighted by Gasteiger charge is 2.10. The predicted molar refractivity (Wildman–Crippen MR) is 66.4 cm³/mol. The highest BCUT2D eigenvalue weighted by molar-refractivity contribution is 7.15. The van der Waals surface area contributed by atoms with Crippen molar-refractivity contribution < 1.29 is 0 Å². The Bertz CT molecular complexity index is 653. The van der Waals surface area contributed by atoms with Gasteiger partial charge in [0.25, 0.3) is 0 Å². The van der Waals surface area contributed by atoms with Gasteiger partial charge in [-0.15, -0.1) is 11.3 Å². The third-order valence-electron chi connectivity index (χ3n) is 2.51. The van der Waals surface area contributed by atoms with Crippen molar-refractivity contribution in [2.45, 2.75) is 6.92 Å². The molecule has 0 unspecified atom stereocenters. The molecule has 0 aliphatic heterocycles. The van der Waals surface area contributed by atoms with Gasteiger partial charge in [0.05, 0.1) is 15.6 Å². The maximum atomic E-state index is 6.12. The molecule has 0 atom stereocenters. The molecule has 0 amide bonds. The zero-order chi connectivity index (χ0) is 11.1. The molecule has 16 heavy (non-hydrogen) atoms. The number of nitrogen functional groups attached to an aromatic ring is 1. The van der Waals surface area contributed by atoms with E-state index in [1.165, 1.54) is 0 Å². The normalized spacial score (nSPS) is 11.1. The molecule has 5 heteroatoms. The van der Waals surface area contributed by atoms with Gasteiger partial charge >= 0.3 is 0 Å². The molecular formula is C11H10N4S. The molecule has 3 aromatic rings. The second kappa shape index (κ2) is 3.31. The molecule has 0 aliphatic carbocycles. The lowest BCUT2D eigenvalue weighted by Crippen LogP contribution is -1.91. The van der Waals surface area contributed by atoms with E-state index >= 15 is 0 Å². The van der Waals surface area contributed by atoms with Crippen molar-refractivity contribution in [3.8, 4) is 10.4 Å². The van der Waals surface area contributed by atoms with Crippen LogP contribution in [0.3, 0.4) is 0 Å². The van der Waals surface area contributed by atoms with Crippen molar-refractivity contribution in [1.82, 2.24) is 15.0 Å². The molecule has 3 rings (SSSR count). The van der Waals surface area contributed by atoms with Crippen LogP contribution in [0.2, 0.25) is 0 Å². The molecule has 0 radical (unpaired) electrons. The number of nitrogens with zero attached hydrogens (tertiary/aromatic N) is 2. The topological polar surface area (TPSA) is 67.6 Å². The van der Waals surface area contributed by atoms with Gasteiger partial charge in [0, 0.05) is 29.5 Å². The van der Waals surface area contributed by atoms with Gasteiger partial charge in [-0.05, 0) is 13.0 Å². The Balaban J connectivity index is 2.27. The number of nitrogens with one attached hydrogen (secondary N) is 1. The van der Waals surface area contributed by atoms with E-state index in [1.807, 2.05) is 25.4 Å². The van der Waals surface area contributed by atoms with Crippen molar-refractivity contribution >= 4 is 28.1 Å². The number of rotatable bonds is 1. The maximum Gasteiger partial charge on any atom is 0.139 e. The number of aromatic amines is 1. The Morgan fingerprint density at radius 2 is 2.19 bits per heavy atom. The zero-order valence-electron chi connectivity index (χ0n) is 8.69. The Morgan fingerprint density at radius 3 is 2.94 bits per heavy atom. The number of H-pyrrole nitrogens is 1. The molecule has 0 bridgehead atoms. The summed E-state index contributed by atoms with van der Waals surface area (Å²) in [6.07, 6.45) is 5.47. The molecule has 3 N–H and O–H groups in total. The molecule has 80 valence electrons. The predicted octanol–water partition coefficient (Wildman–Crippen LogP) is 2.58. The van der Waals surface area contributed by atoms with E-state index in [-0.39, 0.29) is 0 Å². The first kappa shape index (κ1) is 9.35. The van der Waals surface area contributed by atoms with Crippen LogP contribution in [0.4, 0.5) is 5.69 Å². The molecule has 0 saturated heterocycles. The number of hydrogen-bond donors (Lipinski definition) is 2. The first-order chi connectivity index (χ1) is 7.75. The van der Waals surface area contributed by atoms with Crippen LogP contribution in [0.5, 0.6) is 0 Å². The van der Waals surface area contributed by atoms with Gasteiger partial charge in [-0.3, -0.25) is 0 Å². The van der Waals surface area contributed by atoms with Crippen LogP contribution in [0.25, 0.3) is 21.5 Å². The molecule has 0 saturated carbocycles. The van der Waals surface area contributed by atoms with Crippen molar-refractivity contribution in [2.24, 2.45) is 0 Å². The summed E-state index contributed by atoms with van der Waals surface area (Å²) in [6.45, 7) is 1.98. The second-order valence-electron chi connectivity index (χ2n) is 3.57. The van der Waals surface area contributed by atoms with Crippen molar-refractivity contribution in [2.75, 3.05) is 5.73 Å². The smallest absolute Gasteiger partial charge is 0.139 e. The van der Waals surface area contributed by atoms with Crippen LogP contribution in [0, 0.1) is 6.92 Å². The van der Waals surface area contributed by atoms with Gasteiger partial charge in [0.1, 0.15) is 5.65 Å². The summed E-state index contributed by atoms with van der Waals surface area (Å²) in [7, 11) is 0. The fraction of sp³-hybridized carbons (Fsp3) is 0.0909. The standard InChI is InChI=1S/C11H10N4S/c1-6-14-5-9(16-6)8-4-15-11-7(10(8)12)2-3-13-11/h2-5H,1H3,(H3,12,13,15). The summed E-state index contributed by atoms with van der Waals surface area (Å²) < 4.78 is 0. The van der Waals surface area contributed by atoms with E-state index < -0.39 is 0 Å². The van der Waals surface area contributed by atoms with Crippen LogP contribution in [-0.4, -0.2) is 15.0 Å². The van der Waals surface area contributed by atoms with E-state index in [9.17, 15) is 0 Å². The summed E-state index contributed by atoms with van der Waals surface area (Å²) in [5, 5.41) is 1.99. The Labute approximate surface area is 96.2 Å². The van der Waals surface area contributed by atoms with E-state index in [4.69, 9.17) is 5.73 Å². The van der Waals surface area contributed by atoms with Gasteiger partial charge in [-0.1, -0.05) is 0 Å². The number of nitrogens with two attached hydrogens (primary N) is 1. The Hall–Kier alpha value is -1.88. The van der Waals surface area contributed by atoms with Crippen LogP contribution in [-0.2, 0) is 0 Å². The molecule has 0 spiro atoms. The number of aryl methyl sites for hydroxylation is 1. The van der Waals surface area contributed by atoms with E-state index in [2.05, 4.69) is 15.0 Å². The maximum absolute atomic E-state index is 6.12. The lowest BCUT2D eigenvalue weighted by atomic mass is 10.1. The minimum absolute atomic E-state index is 0.759. The van der Waals surface area contributed by atoms with E-state index in [0.717, 1.165) is 32.2 Å². The summed E-state index contributed by atoms with van der Waals surface area (Å²) in [5.74, 6) is 0. The largest absolute Gasteiger partial charge is 0.398 e. The first-order valence-corrected chi connectivity index (χ1v) is 5.72. The average molecular weight is 230 g/mol.